The number of thioether (sulfide) groups is 1. The zero-order valence-electron chi connectivity index (χ0n) is 23.1. The number of amides is 5. The zero-order valence-corrected chi connectivity index (χ0v) is 23.9. The maximum Gasteiger partial charge on any atom is 0.245 e. The fourth-order valence-electron chi connectivity index (χ4n) is 4.19. The monoisotopic (exact) mass is 571 g/mol. The predicted octanol–water partition coefficient (Wildman–Crippen LogP) is -2.27. The lowest BCUT2D eigenvalue weighted by atomic mass is 10.0. The molecule has 0 aliphatic carbocycles. The molecule has 0 aromatic carbocycles. The number of guanidine groups is 1. The van der Waals surface area contributed by atoms with Gasteiger partial charge in [-0.25, -0.2) is 0 Å². The van der Waals surface area contributed by atoms with Crippen molar-refractivity contribution in [1.29, 1.82) is 0 Å². The molecule has 15 heteroatoms. The van der Waals surface area contributed by atoms with Crippen LogP contribution in [-0.2, 0) is 24.0 Å². The normalized spacial score (nSPS) is 17.2. The number of aliphatic imine (C=N–C) groups is 1. The van der Waals surface area contributed by atoms with Crippen LogP contribution < -0.4 is 38.9 Å². The summed E-state index contributed by atoms with van der Waals surface area (Å²) in [5, 5.41) is 7.95. The van der Waals surface area contributed by atoms with Gasteiger partial charge < -0.3 is 43.8 Å². The van der Waals surface area contributed by atoms with Crippen molar-refractivity contribution in [2.45, 2.75) is 76.5 Å². The van der Waals surface area contributed by atoms with E-state index in [1.807, 2.05) is 20.1 Å². The summed E-state index contributed by atoms with van der Waals surface area (Å²) >= 11 is 1.57. The Morgan fingerprint density at radius 3 is 2.28 bits per heavy atom. The number of rotatable bonds is 17. The lowest BCUT2D eigenvalue weighted by Crippen LogP contribution is -2.58. The molecule has 0 saturated carbocycles. The van der Waals surface area contributed by atoms with Crippen LogP contribution in [0.3, 0.4) is 0 Å². The summed E-state index contributed by atoms with van der Waals surface area (Å²) in [5.41, 5.74) is 21.9. The van der Waals surface area contributed by atoms with Gasteiger partial charge in [0.05, 0.1) is 12.6 Å². The Bertz CT molecular complexity index is 882. The molecule has 222 valence electrons. The number of nitrogens with two attached hydrogens (primary N) is 4. The maximum atomic E-state index is 13.6. The first-order chi connectivity index (χ1) is 18.4. The molecule has 0 bridgehead atoms. The van der Waals surface area contributed by atoms with Gasteiger partial charge in [-0.15, -0.1) is 0 Å². The van der Waals surface area contributed by atoms with Gasteiger partial charge in [0.25, 0.3) is 0 Å². The highest BCUT2D eigenvalue weighted by molar-refractivity contribution is 7.98. The molecule has 4 atom stereocenters. The van der Waals surface area contributed by atoms with Crippen molar-refractivity contribution in [2.24, 2.45) is 33.8 Å². The summed E-state index contributed by atoms with van der Waals surface area (Å²) in [6, 6.07) is -3.46. The van der Waals surface area contributed by atoms with Crippen molar-refractivity contribution >= 4 is 47.3 Å². The van der Waals surface area contributed by atoms with E-state index < -0.39 is 53.7 Å². The second-order valence-electron chi connectivity index (χ2n) is 9.96. The van der Waals surface area contributed by atoms with Crippen molar-refractivity contribution in [3.8, 4) is 0 Å². The molecule has 1 saturated heterocycles. The first kappa shape index (κ1) is 34.0. The molecule has 1 fully saturated rings. The topological polar surface area (TPSA) is 241 Å². The van der Waals surface area contributed by atoms with Gasteiger partial charge >= 0.3 is 0 Å². The first-order valence-electron chi connectivity index (χ1n) is 13.1. The van der Waals surface area contributed by atoms with Crippen LogP contribution in [0, 0.1) is 5.92 Å². The van der Waals surface area contributed by atoms with Crippen LogP contribution in [0.25, 0.3) is 0 Å². The van der Waals surface area contributed by atoms with E-state index >= 15 is 0 Å². The van der Waals surface area contributed by atoms with Gasteiger partial charge in [-0.05, 0) is 56.5 Å². The molecule has 1 heterocycles. The number of carbonyl (C=O) groups excluding carboxylic acids is 5. The summed E-state index contributed by atoms with van der Waals surface area (Å²) in [6.45, 7) is 4.03. The van der Waals surface area contributed by atoms with E-state index in [0.29, 0.717) is 44.4 Å². The van der Waals surface area contributed by atoms with Gasteiger partial charge in [-0.3, -0.25) is 29.0 Å². The predicted molar refractivity (Wildman–Crippen MR) is 151 cm³/mol. The Balaban J connectivity index is 3.08. The Morgan fingerprint density at radius 2 is 1.69 bits per heavy atom. The van der Waals surface area contributed by atoms with Crippen LogP contribution in [0.5, 0.6) is 0 Å². The molecular weight excluding hydrogens is 526 g/mol. The van der Waals surface area contributed by atoms with Crippen LogP contribution in [0.15, 0.2) is 4.99 Å². The van der Waals surface area contributed by atoms with E-state index in [1.54, 1.807) is 11.8 Å². The van der Waals surface area contributed by atoms with Gasteiger partial charge in [0.15, 0.2) is 5.96 Å². The molecule has 11 N–H and O–H groups in total. The number of nitrogens with zero attached hydrogens (tertiary/aromatic N) is 2. The minimum absolute atomic E-state index is 0.0661. The van der Waals surface area contributed by atoms with Crippen molar-refractivity contribution in [1.82, 2.24) is 20.9 Å². The number of hydrogen-bond acceptors (Lipinski definition) is 8. The van der Waals surface area contributed by atoms with Crippen molar-refractivity contribution < 1.29 is 24.0 Å². The largest absolute Gasteiger partial charge is 0.370 e. The maximum absolute atomic E-state index is 13.6. The summed E-state index contributed by atoms with van der Waals surface area (Å²) < 4.78 is 0. The quantitative estimate of drug-likeness (QED) is 0.0564. The Labute approximate surface area is 234 Å². The summed E-state index contributed by atoms with van der Waals surface area (Å²) in [6.07, 6.45) is 4.27. The summed E-state index contributed by atoms with van der Waals surface area (Å²) in [7, 11) is 0. The summed E-state index contributed by atoms with van der Waals surface area (Å²) in [4.78, 5) is 68.7. The second kappa shape index (κ2) is 17.5. The zero-order chi connectivity index (χ0) is 29.5. The molecule has 0 aromatic heterocycles. The van der Waals surface area contributed by atoms with Gasteiger partial charge in [-0.1, -0.05) is 13.8 Å². The van der Waals surface area contributed by atoms with E-state index in [2.05, 4.69) is 20.9 Å². The van der Waals surface area contributed by atoms with Crippen LogP contribution in [-0.4, -0.2) is 96.2 Å². The van der Waals surface area contributed by atoms with Gasteiger partial charge in [0.1, 0.15) is 18.1 Å². The van der Waals surface area contributed by atoms with E-state index in [9.17, 15) is 24.0 Å². The highest BCUT2D eigenvalue weighted by Crippen LogP contribution is 2.20. The molecular formula is C24H45N9O5S. The SMILES string of the molecule is CSCC[C@H](N)C(=O)N[C@@H](CC(C)C)C(=O)N[C@@H](CCCN=C(N)N)C(=O)N1CCC[C@H]1C(=O)NCC(N)=O. The fourth-order valence-corrected chi connectivity index (χ4v) is 4.68. The molecule has 14 nitrogen and oxygen atoms in total. The Kier molecular flexibility index (Phi) is 15.2. The molecule has 1 rings (SSSR count). The smallest absolute Gasteiger partial charge is 0.245 e. The highest BCUT2D eigenvalue weighted by atomic mass is 32.2. The van der Waals surface area contributed by atoms with E-state index in [1.165, 1.54) is 4.90 Å². The fraction of sp³-hybridized carbons (Fsp3) is 0.750. The highest BCUT2D eigenvalue weighted by Gasteiger charge is 2.38. The Morgan fingerprint density at radius 1 is 1.03 bits per heavy atom. The average molecular weight is 572 g/mol. The van der Waals surface area contributed by atoms with Gasteiger partial charge in [-0.2, -0.15) is 11.8 Å². The minimum atomic E-state index is -0.993. The number of carbonyl (C=O) groups is 5. The van der Waals surface area contributed by atoms with Crippen LogP contribution in [0.2, 0.25) is 0 Å². The first-order valence-corrected chi connectivity index (χ1v) is 14.5. The van der Waals surface area contributed by atoms with E-state index in [-0.39, 0.29) is 31.4 Å². The summed E-state index contributed by atoms with van der Waals surface area (Å²) in [5.74, 6) is -1.93. The minimum Gasteiger partial charge on any atom is -0.370 e. The van der Waals surface area contributed by atoms with Crippen LogP contribution in [0.4, 0.5) is 0 Å². The number of likely N-dealkylation sites (tertiary alicyclic amines) is 1. The van der Waals surface area contributed by atoms with Crippen molar-refractivity contribution in [3.05, 3.63) is 0 Å². The Hall–Kier alpha value is -3.07. The number of nitrogens with one attached hydrogen (secondary N) is 3. The van der Waals surface area contributed by atoms with E-state index in [0.717, 1.165) is 0 Å². The molecule has 5 amide bonds. The standard InChI is InChI=1S/C24H45N9O5S/c1-14(2)12-17(32-20(35)15(25)8-11-39-3)21(36)31-16(6-4-9-29-24(27)28)23(38)33-10-5-7-18(33)22(37)30-13-19(26)34/h14-18H,4-13,25H2,1-3H3,(H2,26,34)(H,30,37)(H,31,36)(H,32,35)(H4,27,28,29)/t15-,16-,17-,18-/m0/s1. The van der Waals surface area contributed by atoms with Crippen LogP contribution >= 0.6 is 11.8 Å². The molecule has 0 radical (unpaired) electrons. The molecule has 39 heavy (non-hydrogen) atoms. The van der Waals surface area contributed by atoms with Crippen molar-refractivity contribution in [2.75, 3.05) is 31.6 Å². The molecule has 1 aliphatic rings. The third-order valence-electron chi connectivity index (χ3n) is 6.15. The lowest BCUT2D eigenvalue weighted by Gasteiger charge is -2.30. The molecule has 0 unspecified atom stereocenters. The average Bonchev–Trinajstić information content (AvgIpc) is 3.36. The van der Waals surface area contributed by atoms with E-state index in [4.69, 9.17) is 22.9 Å². The van der Waals surface area contributed by atoms with Crippen LogP contribution in [0.1, 0.15) is 52.4 Å². The second-order valence-corrected chi connectivity index (χ2v) is 10.9. The third-order valence-corrected chi connectivity index (χ3v) is 6.79. The number of hydrogen-bond donors (Lipinski definition) is 7. The molecule has 0 aromatic rings. The molecule has 0 spiro atoms. The van der Waals surface area contributed by atoms with Gasteiger partial charge in [0, 0.05) is 13.1 Å². The number of primary amides is 1. The molecule has 1 aliphatic heterocycles. The lowest BCUT2D eigenvalue weighted by molar-refractivity contribution is -0.142. The van der Waals surface area contributed by atoms with Gasteiger partial charge in [0.2, 0.25) is 29.5 Å². The van der Waals surface area contributed by atoms with Crippen molar-refractivity contribution in [3.63, 3.8) is 0 Å². The third kappa shape index (κ3) is 12.6.